The van der Waals surface area contributed by atoms with Gasteiger partial charge in [0.1, 0.15) is 0 Å². The van der Waals surface area contributed by atoms with Crippen LogP contribution in [0.4, 0.5) is 26.3 Å². The van der Waals surface area contributed by atoms with Crippen LogP contribution in [0.1, 0.15) is 16.7 Å². The third kappa shape index (κ3) is 5.85. The maximum atomic E-state index is 12.8. The molecule has 1 fully saturated rings. The van der Waals surface area contributed by atoms with Crippen LogP contribution in [0.2, 0.25) is 0 Å². The van der Waals surface area contributed by atoms with Crippen molar-refractivity contribution < 1.29 is 36.2 Å². The molecule has 0 radical (unpaired) electrons. The van der Waals surface area contributed by atoms with Crippen LogP contribution in [0.15, 0.2) is 35.6 Å². The quantitative estimate of drug-likeness (QED) is 0.191. The lowest BCUT2D eigenvalue weighted by Gasteiger charge is -2.35. The number of nitrogens with one attached hydrogen (secondary N) is 2. The molecule has 154 valence electrons. The van der Waals surface area contributed by atoms with E-state index in [1.807, 2.05) is 0 Å². The lowest BCUT2D eigenvalue weighted by Crippen LogP contribution is -2.58. The zero-order valence-corrected chi connectivity index (χ0v) is 14.0. The van der Waals surface area contributed by atoms with Crippen LogP contribution < -0.4 is 16.6 Å². The van der Waals surface area contributed by atoms with Crippen molar-refractivity contribution in [3.8, 4) is 0 Å². The number of amides is 1. The van der Waals surface area contributed by atoms with Gasteiger partial charge in [0.15, 0.2) is 5.84 Å². The molecule has 1 saturated heterocycles. The second kappa shape index (κ2) is 8.06. The Balaban J connectivity index is 2.08. The number of hydrogen-bond acceptors (Lipinski definition) is 5. The summed E-state index contributed by atoms with van der Waals surface area (Å²) in [5.41, 5.74) is 6.33. The number of rotatable bonds is 5. The van der Waals surface area contributed by atoms with E-state index in [9.17, 15) is 31.1 Å². The fraction of sp³-hybridized carbons (Fsp3) is 0.333. The van der Waals surface area contributed by atoms with Gasteiger partial charge in [0.25, 0.3) is 5.91 Å². The minimum atomic E-state index is -5.01. The summed E-state index contributed by atoms with van der Waals surface area (Å²) in [5, 5.41) is 13.9. The number of halogens is 6. The lowest BCUT2D eigenvalue weighted by molar-refractivity contribution is -0.143. The lowest BCUT2D eigenvalue weighted by atomic mass is 10.0. The molecule has 0 aromatic heterocycles. The summed E-state index contributed by atoms with van der Waals surface area (Å²) >= 11 is 0. The van der Waals surface area contributed by atoms with E-state index >= 15 is 0 Å². The normalized spacial score (nSPS) is 16.9. The number of alkyl halides is 6. The van der Waals surface area contributed by atoms with E-state index in [1.54, 1.807) is 0 Å². The maximum Gasteiger partial charge on any atom is 0.416 e. The summed E-state index contributed by atoms with van der Waals surface area (Å²) in [6.45, 7) is 0.518. The van der Waals surface area contributed by atoms with Gasteiger partial charge in [0.2, 0.25) is 0 Å². The number of hydrazine groups is 1. The SMILES string of the molecule is N/C(=N\N/C=C\C(=O)NN1CC(O)C1)c1cc(C(F)(F)F)cc(C(F)(F)F)c1. The van der Waals surface area contributed by atoms with E-state index in [1.165, 1.54) is 5.01 Å². The first-order valence-corrected chi connectivity index (χ1v) is 7.65. The van der Waals surface area contributed by atoms with Crippen molar-refractivity contribution in [3.63, 3.8) is 0 Å². The van der Waals surface area contributed by atoms with E-state index in [2.05, 4.69) is 16.0 Å². The molecule has 0 atom stereocenters. The van der Waals surface area contributed by atoms with Crippen molar-refractivity contribution in [1.82, 2.24) is 15.9 Å². The van der Waals surface area contributed by atoms with E-state index in [0.717, 1.165) is 12.3 Å². The molecule has 0 spiro atoms. The summed E-state index contributed by atoms with van der Waals surface area (Å²) in [4.78, 5) is 11.5. The molecule has 0 unspecified atom stereocenters. The number of hydrazone groups is 1. The molecule has 1 heterocycles. The predicted molar refractivity (Wildman–Crippen MR) is 85.2 cm³/mol. The Morgan fingerprint density at radius 1 is 1.14 bits per heavy atom. The molecule has 5 N–H and O–H groups in total. The molecule has 1 aromatic rings. The molecule has 1 aliphatic rings. The van der Waals surface area contributed by atoms with Crippen molar-refractivity contribution in [1.29, 1.82) is 0 Å². The van der Waals surface area contributed by atoms with Gasteiger partial charge in [-0.1, -0.05) is 0 Å². The van der Waals surface area contributed by atoms with E-state index in [0.29, 0.717) is 12.1 Å². The van der Waals surface area contributed by atoms with Gasteiger partial charge >= 0.3 is 12.4 Å². The molecule has 0 bridgehead atoms. The number of carbonyl (C=O) groups excluding carboxylic acids is 1. The molecule has 1 aliphatic heterocycles. The van der Waals surface area contributed by atoms with Crippen molar-refractivity contribution >= 4 is 11.7 Å². The summed E-state index contributed by atoms with van der Waals surface area (Å²) in [6.07, 6.45) is -8.59. The average Bonchev–Trinajstić information content (AvgIpc) is 2.55. The Kier molecular flexibility index (Phi) is 6.19. The van der Waals surface area contributed by atoms with Crippen molar-refractivity contribution in [3.05, 3.63) is 47.2 Å². The highest BCUT2D eigenvalue weighted by Gasteiger charge is 2.37. The van der Waals surface area contributed by atoms with Crippen LogP contribution in [-0.2, 0) is 17.1 Å². The fourth-order valence-electron chi connectivity index (χ4n) is 2.13. The Morgan fingerprint density at radius 2 is 1.68 bits per heavy atom. The summed E-state index contributed by atoms with van der Waals surface area (Å²) in [7, 11) is 0. The molecule has 7 nitrogen and oxygen atoms in total. The molecule has 0 saturated carbocycles. The van der Waals surface area contributed by atoms with Gasteiger partial charge in [0.05, 0.1) is 17.2 Å². The van der Waals surface area contributed by atoms with Crippen LogP contribution in [-0.4, -0.2) is 41.1 Å². The highest BCUT2D eigenvalue weighted by Crippen LogP contribution is 2.36. The Hall–Kier alpha value is -2.80. The van der Waals surface area contributed by atoms with Crippen LogP contribution in [0.3, 0.4) is 0 Å². The van der Waals surface area contributed by atoms with Crippen molar-refractivity contribution in [2.24, 2.45) is 10.8 Å². The fourth-order valence-corrected chi connectivity index (χ4v) is 2.13. The van der Waals surface area contributed by atoms with Crippen LogP contribution >= 0.6 is 0 Å². The number of benzene rings is 1. The molecule has 2 rings (SSSR count). The van der Waals surface area contributed by atoms with Gasteiger partial charge in [-0.3, -0.25) is 15.6 Å². The third-order valence-corrected chi connectivity index (χ3v) is 3.51. The van der Waals surface area contributed by atoms with Gasteiger partial charge < -0.3 is 10.8 Å². The Bertz CT molecular complexity index is 752. The molecule has 28 heavy (non-hydrogen) atoms. The number of aliphatic hydroxyl groups is 1. The van der Waals surface area contributed by atoms with Crippen LogP contribution in [0.25, 0.3) is 0 Å². The molecule has 13 heteroatoms. The van der Waals surface area contributed by atoms with Gasteiger partial charge in [-0.05, 0) is 18.2 Å². The number of nitrogens with two attached hydrogens (primary N) is 1. The zero-order chi connectivity index (χ0) is 21.1. The summed E-state index contributed by atoms with van der Waals surface area (Å²) in [6, 6.07) is 0.837. The molecule has 1 aromatic carbocycles. The average molecular weight is 411 g/mol. The van der Waals surface area contributed by atoms with Gasteiger partial charge in [-0.15, -0.1) is 0 Å². The minimum Gasteiger partial charge on any atom is -0.390 e. The first kappa shape index (κ1) is 21.5. The van der Waals surface area contributed by atoms with Gasteiger partial charge in [-0.25, -0.2) is 5.01 Å². The highest BCUT2D eigenvalue weighted by atomic mass is 19.4. The number of amidine groups is 1. The molecule has 0 aliphatic carbocycles. The van der Waals surface area contributed by atoms with Crippen molar-refractivity contribution in [2.45, 2.75) is 18.5 Å². The first-order chi connectivity index (χ1) is 12.9. The molecule has 1 amide bonds. The monoisotopic (exact) mass is 411 g/mol. The second-order valence-electron chi connectivity index (χ2n) is 5.79. The van der Waals surface area contributed by atoms with Gasteiger partial charge in [-0.2, -0.15) is 31.4 Å². The number of hydrogen-bond donors (Lipinski definition) is 4. The first-order valence-electron chi connectivity index (χ1n) is 7.65. The minimum absolute atomic E-state index is 0.0266. The smallest absolute Gasteiger partial charge is 0.390 e. The summed E-state index contributed by atoms with van der Waals surface area (Å²) < 4.78 is 76.9. The van der Waals surface area contributed by atoms with Gasteiger partial charge in [0, 0.05) is 30.9 Å². The molecular formula is C15H15F6N5O2. The van der Waals surface area contributed by atoms with E-state index in [-0.39, 0.29) is 19.2 Å². The van der Waals surface area contributed by atoms with E-state index in [4.69, 9.17) is 10.8 Å². The van der Waals surface area contributed by atoms with Crippen LogP contribution in [0.5, 0.6) is 0 Å². The van der Waals surface area contributed by atoms with Crippen LogP contribution in [0, 0.1) is 0 Å². The maximum absolute atomic E-state index is 12.8. The third-order valence-electron chi connectivity index (χ3n) is 3.51. The Labute approximate surface area is 154 Å². The summed E-state index contributed by atoms with van der Waals surface area (Å²) in [5.74, 6) is -1.24. The van der Waals surface area contributed by atoms with E-state index < -0.39 is 46.9 Å². The largest absolute Gasteiger partial charge is 0.416 e. The number of aliphatic hydroxyl groups excluding tert-OH is 1. The number of carbonyl (C=O) groups is 1. The number of nitrogens with zero attached hydrogens (tertiary/aromatic N) is 2. The zero-order valence-electron chi connectivity index (χ0n) is 14.0. The van der Waals surface area contributed by atoms with Crippen molar-refractivity contribution in [2.75, 3.05) is 13.1 Å². The number of β-amino-alcohol motifs (C(OH)–C–C–N with tert-alkyl or cyclic N) is 1. The predicted octanol–water partition coefficient (Wildman–Crippen LogP) is 1.16. The highest BCUT2D eigenvalue weighted by molar-refractivity contribution is 5.97. The second-order valence-corrected chi connectivity index (χ2v) is 5.79. The standard InChI is InChI=1S/C15H15F6N5O2/c16-14(17,18)9-3-8(4-10(5-9)15(19,20)21)13(22)24-23-2-1-12(28)25-26-6-11(27)7-26/h1-5,11,23,27H,6-7H2,(H2,22,24)(H,25,28)/b2-1-. The topological polar surface area (TPSA) is 103 Å². The Morgan fingerprint density at radius 3 is 2.14 bits per heavy atom. The molecular weight excluding hydrogens is 396 g/mol.